The highest BCUT2D eigenvalue weighted by Crippen LogP contribution is 2.23. The Morgan fingerprint density at radius 1 is 1.19 bits per heavy atom. The van der Waals surface area contributed by atoms with Gasteiger partial charge in [0.25, 0.3) is 5.91 Å². The summed E-state index contributed by atoms with van der Waals surface area (Å²) in [5, 5.41) is 13.6. The Morgan fingerprint density at radius 3 is 2.58 bits per heavy atom. The van der Waals surface area contributed by atoms with Gasteiger partial charge >= 0.3 is 0 Å². The van der Waals surface area contributed by atoms with Crippen LogP contribution in [0.25, 0.3) is 11.1 Å². The molecule has 0 bridgehead atoms. The maximum atomic E-state index is 12.9. The number of nitrogens with zero attached hydrogens (tertiary/aromatic N) is 2. The van der Waals surface area contributed by atoms with Crippen LogP contribution >= 0.6 is 11.3 Å². The molecule has 4 nitrogen and oxygen atoms in total. The van der Waals surface area contributed by atoms with Crippen LogP contribution in [0.3, 0.4) is 0 Å². The van der Waals surface area contributed by atoms with E-state index in [4.69, 9.17) is 0 Å². The Labute approximate surface area is 160 Å². The zero-order valence-corrected chi connectivity index (χ0v) is 16.4. The molecule has 1 aromatic carbocycles. The second-order valence-corrected chi connectivity index (χ2v) is 8.18. The number of amides is 1. The van der Waals surface area contributed by atoms with E-state index in [0.717, 1.165) is 30.8 Å². The molecule has 0 saturated carbocycles. The molecule has 1 N–H and O–H groups in total. The van der Waals surface area contributed by atoms with Crippen LogP contribution < -0.4 is 0 Å². The zero-order chi connectivity index (χ0) is 18.5. The Hall–Kier alpha value is -1.69. The van der Waals surface area contributed by atoms with Crippen LogP contribution in [0.4, 0.5) is 0 Å². The quantitative estimate of drug-likeness (QED) is 0.843. The van der Waals surface area contributed by atoms with Crippen LogP contribution in [0.15, 0.2) is 41.1 Å². The Kier molecular flexibility index (Phi) is 6.46. The fourth-order valence-corrected chi connectivity index (χ4v) is 4.29. The molecule has 0 aliphatic carbocycles. The average molecular weight is 373 g/mol. The first kappa shape index (κ1) is 19.1. The van der Waals surface area contributed by atoms with Gasteiger partial charge in [0.2, 0.25) is 0 Å². The molecule has 1 aliphatic rings. The van der Waals surface area contributed by atoms with Crippen molar-refractivity contribution in [3.8, 4) is 11.1 Å². The van der Waals surface area contributed by atoms with E-state index in [1.165, 1.54) is 5.56 Å². The first-order valence-corrected chi connectivity index (χ1v) is 10.3. The summed E-state index contributed by atoms with van der Waals surface area (Å²) in [6, 6.07) is 10.2. The van der Waals surface area contributed by atoms with E-state index in [2.05, 4.69) is 35.6 Å². The predicted octanol–water partition coefficient (Wildman–Crippen LogP) is 3.58. The highest BCUT2D eigenvalue weighted by atomic mass is 32.1. The van der Waals surface area contributed by atoms with Gasteiger partial charge in [0, 0.05) is 44.4 Å². The Balaban J connectivity index is 1.67. The number of thiophene rings is 1. The summed E-state index contributed by atoms with van der Waals surface area (Å²) in [6.07, 6.45) is 0.716. The summed E-state index contributed by atoms with van der Waals surface area (Å²) in [6.45, 7) is 7.92. The zero-order valence-electron chi connectivity index (χ0n) is 15.6. The molecule has 1 amide bonds. The lowest BCUT2D eigenvalue weighted by Crippen LogP contribution is -2.55. The molecule has 0 radical (unpaired) electrons. The van der Waals surface area contributed by atoms with E-state index < -0.39 is 0 Å². The molecular weight excluding hydrogens is 344 g/mol. The summed E-state index contributed by atoms with van der Waals surface area (Å²) in [4.78, 5) is 17.3. The second kappa shape index (κ2) is 8.80. The third-order valence-electron chi connectivity index (χ3n) is 4.94. The van der Waals surface area contributed by atoms with Crippen molar-refractivity contribution < 1.29 is 9.90 Å². The van der Waals surface area contributed by atoms with Crippen LogP contribution in [0.1, 0.15) is 30.6 Å². The van der Waals surface area contributed by atoms with Crippen molar-refractivity contribution >= 4 is 17.2 Å². The van der Waals surface area contributed by atoms with Crippen molar-refractivity contribution in [1.82, 2.24) is 9.80 Å². The normalized spacial score (nSPS) is 18.5. The van der Waals surface area contributed by atoms with Gasteiger partial charge in [-0.1, -0.05) is 26.0 Å². The summed E-state index contributed by atoms with van der Waals surface area (Å²) in [5.74, 6) is 0.678. The van der Waals surface area contributed by atoms with Crippen LogP contribution in [-0.4, -0.2) is 59.6 Å². The molecule has 140 valence electrons. The van der Waals surface area contributed by atoms with Crippen LogP contribution in [0, 0.1) is 5.92 Å². The molecule has 1 aliphatic heterocycles. The number of aliphatic hydroxyl groups is 1. The van der Waals surface area contributed by atoms with Crippen molar-refractivity contribution in [3.63, 3.8) is 0 Å². The minimum absolute atomic E-state index is 0.0917. The van der Waals surface area contributed by atoms with E-state index in [1.54, 1.807) is 11.3 Å². The van der Waals surface area contributed by atoms with Crippen molar-refractivity contribution in [1.29, 1.82) is 0 Å². The average Bonchev–Trinajstić information content (AvgIpc) is 3.17. The standard InChI is InChI=1S/C21H28N2O2S/c1-16(2)13-22-9-10-23(14-20(22)7-11-24)21(25)18-5-3-17(4-6-18)19-8-12-26-15-19/h3-6,8,12,15-16,20,24H,7,9-11,13-14H2,1-2H3. The van der Waals surface area contributed by atoms with Crippen molar-refractivity contribution in [2.75, 3.05) is 32.8 Å². The maximum absolute atomic E-state index is 12.9. The molecule has 1 saturated heterocycles. The largest absolute Gasteiger partial charge is 0.396 e. The number of piperazine rings is 1. The van der Waals surface area contributed by atoms with E-state index >= 15 is 0 Å². The van der Waals surface area contributed by atoms with Gasteiger partial charge in [0.15, 0.2) is 0 Å². The molecule has 1 unspecified atom stereocenters. The van der Waals surface area contributed by atoms with Crippen LogP contribution in [-0.2, 0) is 0 Å². The van der Waals surface area contributed by atoms with Gasteiger partial charge in [0.05, 0.1) is 0 Å². The summed E-state index contributed by atoms with van der Waals surface area (Å²) in [7, 11) is 0. The molecule has 3 rings (SSSR count). The van der Waals surface area contributed by atoms with E-state index in [9.17, 15) is 9.90 Å². The van der Waals surface area contributed by atoms with Gasteiger partial charge < -0.3 is 10.0 Å². The first-order valence-electron chi connectivity index (χ1n) is 9.35. The molecular formula is C21H28N2O2S. The van der Waals surface area contributed by atoms with Gasteiger partial charge in [-0.2, -0.15) is 11.3 Å². The molecule has 1 atom stereocenters. The van der Waals surface area contributed by atoms with Crippen molar-refractivity contribution in [2.24, 2.45) is 5.92 Å². The van der Waals surface area contributed by atoms with E-state index in [1.807, 2.05) is 29.2 Å². The minimum Gasteiger partial charge on any atom is -0.396 e. The topological polar surface area (TPSA) is 43.8 Å². The monoisotopic (exact) mass is 372 g/mol. The lowest BCUT2D eigenvalue weighted by molar-refractivity contribution is 0.0384. The van der Waals surface area contributed by atoms with Gasteiger partial charge in [0.1, 0.15) is 0 Å². The van der Waals surface area contributed by atoms with Gasteiger partial charge in [-0.3, -0.25) is 9.69 Å². The summed E-state index contributed by atoms with van der Waals surface area (Å²) in [5.41, 5.74) is 3.08. The number of hydrogen-bond acceptors (Lipinski definition) is 4. The smallest absolute Gasteiger partial charge is 0.253 e. The lowest BCUT2D eigenvalue weighted by atomic mass is 10.0. The highest BCUT2D eigenvalue weighted by Gasteiger charge is 2.29. The van der Waals surface area contributed by atoms with Crippen LogP contribution in [0.2, 0.25) is 0 Å². The Bertz CT molecular complexity index is 697. The number of benzene rings is 1. The fourth-order valence-electron chi connectivity index (χ4n) is 3.63. The van der Waals surface area contributed by atoms with Crippen molar-refractivity contribution in [2.45, 2.75) is 26.3 Å². The summed E-state index contributed by atoms with van der Waals surface area (Å²) < 4.78 is 0. The molecule has 1 fully saturated rings. The molecule has 5 heteroatoms. The first-order chi connectivity index (χ1) is 12.6. The number of hydrogen-bond donors (Lipinski definition) is 1. The summed E-state index contributed by atoms with van der Waals surface area (Å²) >= 11 is 1.68. The molecule has 26 heavy (non-hydrogen) atoms. The third-order valence-corrected chi connectivity index (χ3v) is 5.62. The number of aliphatic hydroxyl groups excluding tert-OH is 1. The van der Waals surface area contributed by atoms with Gasteiger partial charge in [-0.15, -0.1) is 0 Å². The van der Waals surface area contributed by atoms with E-state index in [-0.39, 0.29) is 18.6 Å². The Morgan fingerprint density at radius 2 is 1.96 bits per heavy atom. The lowest BCUT2D eigenvalue weighted by Gasteiger charge is -2.42. The van der Waals surface area contributed by atoms with Crippen LogP contribution in [0.5, 0.6) is 0 Å². The second-order valence-electron chi connectivity index (χ2n) is 7.40. The maximum Gasteiger partial charge on any atom is 0.253 e. The molecule has 0 spiro atoms. The third kappa shape index (κ3) is 4.53. The van der Waals surface area contributed by atoms with E-state index in [0.29, 0.717) is 18.9 Å². The predicted molar refractivity (Wildman–Crippen MR) is 108 cm³/mol. The van der Waals surface area contributed by atoms with Gasteiger partial charge in [-0.05, 0) is 52.4 Å². The highest BCUT2D eigenvalue weighted by molar-refractivity contribution is 7.08. The number of carbonyl (C=O) groups is 1. The van der Waals surface area contributed by atoms with Gasteiger partial charge in [-0.25, -0.2) is 0 Å². The SMILES string of the molecule is CC(C)CN1CCN(C(=O)c2ccc(-c3ccsc3)cc2)CC1CCO. The molecule has 1 aromatic heterocycles. The fraction of sp³-hybridized carbons (Fsp3) is 0.476. The molecule has 2 aromatic rings. The number of rotatable bonds is 6. The number of carbonyl (C=O) groups excluding carboxylic acids is 1. The van der Waals surface area contributed by atoms with Crippen molar-refractivity contribution in [3.05, 3.63) is 46.7 Å². The minimum atomic E-state index is 0.0917. The molecule has 2 heterocycles.